The lowest BCUT2D eigenvalue weighted by atomic mass is 10.4. The van der Waals surface area contributed by atoms with Gasteiger partial charge in [-0.2, -0.15) is 0 Å². The largest absolute Gasteiger partial charge is 0.373 e. The Hall–Kier alpha value is 0.0700. The number of hydrogen-bond donors (Lipinski definition) is 0. The second kappa shape index (κ2) is 4.53. The highest BCUT2D eigenvalue weighted by molar-refractivity contribution is 7.54. The quantitative estimate of drug-likeness (QED) is 0.656. The first kappa shape index (κ1) is 11.1. The van der Waals surface area contributed by atoms with Gasteiger partial charge in [-0.05, 0) is 6.92 Å². The molecule has 0 bridgehead atoms. The van der Waals surface area contributed by atoms with Crippen LogP contribution in [-0.4, -0.2) is 39.4 Å². The Bertz CT molecular complexity index is 199. The van der Waals surface area contributed by atoms with Crippen LogP contribution < -0.4 is 0 Å². The van der Waals surface area contributed by atoms with Crippen molar-refractivity contribution in [3.05, 3.63) is 0 Å². The van der Waals surface area contributed by atoms with E-state index in [2.05, 4.69) is 0 Å². The summed E-state index contributed by atoms with van der Waals surface area (Å²) in [5, 5.41) is 0. The number of rotatable bonds is 3. The number of hydrogen-bond acceptors (Lipinski definition) is 5. The second-order valence-corrected chi connectivity index (χ2v) is 5.06. The fourth-order valence-electron chi connectivity index (χ4n) is 1.25. The molecule has 0 aromatic rings. The molecule has 0 radical (unpaired) electrons. The Balaban J connectivity index is 2.72. The second-order valence-electron chi connectivity index (χ2n) is 2.74. The molecular formula is C7H15O5P. The van der Waals surface area contributed by atoms with Gasteiger partial charge >= 0.3 is 7.60 Å². The van der Waals surface area contributed by atoms with Gasteiger partial charge in [-0.3, -0.25) is 4.57 Å². The van der Waals surface area contributed by atoms with Crippen molar-refractivity contribution in [2.75, 3.05) is 27.4 Å². The van der Waals surface area contributed by atoms with Crippen LogP contribution in [0.5, 0.6) is 0 Å². The Morgan fingerprint density at radius 3 is 2.23 bits per heavy atom. The van der Waals surface area contributed by atoms with Crippen molar-refractivity contribution >= 4 is 7.60 Å². The molecule has 13 heavy (non-hydrogen) atoms. The summed E-state index contributed by atoms with van der Waals surface area (Å²) in [6.07, 6.45) is -0.264. The molecule has 1 saturated heterocycles. The van der Waals surface area contributed by atoms with Crippen molar-refractivity contribution in [1.29, 1.82) is 0 Å². The smallest absolute Gasteiger partial charge is 0.361 e. The third-order valence-corrected chi connectivity index (χ3v) is 4.19. The maximum atomic E-state index is 11.9. The summed E-state index contributed by atoms with van der Waals surface area (Å²) in [6, 6.07) is 0. The molecule has 0 aromatic carbocycles. The molecule has 6 heteroatoms. The zero-order valence-electron chi connectivity index (χ0n) is 8.06. The van der Waals surface area contributed by atoms with Crippen molar-refractivity contribution in [3.63, 3.8) is 0 Å². The average molecular weight is 210 g/mol. The highest BCUT2D eigenvalue weighted by Gasteiger charge is 2.41. The predicted molar refractivity (Wildman–Crippen MR) is 46.8 cm³/mol. The summed E-state index contributed by atoms with van der Waals surface area (Å²) in [6.45, 7) is 2.73. The Morgan fingerprint density at radius 2 is 1.77 bits per heavy atom. The zero-order valence-corrected chi connectivity index (χ0v) is 8.95. The minimum absolute atomic E-state index is 0.264. The van der Waals surface area contributed by atoms with E-state index in [1.165, 1.54) is 14.2 Å². The summed E-state index contributed by atoms with van der Waals surface area (Å²) >= 11 is 0. The summed E-state index contributed by atoms with van der Waals surface area (Å²) < 4.78 is 32.1. The molecule has 78 valence electrons. The zero-order chi connectivity index (χ0) is 9.90. The van der Waals surface area contributed by atoms with Gasteiger partial charge in [0.2, 0.25) is 0 Å². The van der Waals surface area contributed by atoms with Gasteiger partial charge in [0.25, 0.3) is 0 Å². The van der Waals surface area contributed by atoms with E-state index in [0.29, 0.717) is 13.2 Å². The standard InChI is InChI=1S/C7H15O5P/c1-6-7(12-5-4-11-6)13(8,9-2)10-3/h6-7H,4-5H2,1-3H3. The molecule has 5 nitrogen and oxygen atoms in total. The molecule has 1 rings (SSSR count). The van der Waals surface area contributed by atoms with Crippen LogP contribution in [0, 0.1) is 0 Å². The summed E-state index contributed by atoms with van der Waals surface area (Å²) in [7, 11) is -0.475. The first-order chi connectivity index (χ1) is 6.14. The topological polar surface area (TPSA) is 54.0 Å². The fourth-order valence-corrected chi connectivity index (χ4v) is 2.70. The van der Waals surface area contributed by atoms with Gasteiger partial charge in [0.15, 0.2) is 5.85 Å². The molecule has 0 amide bonds. The van der Waals surface area contributed by atoms with Crippen molar-refractivity contribution in [1.82, 2.24) is 0 Å². The van der Waals surface area contributed by atoms with E-state index in [1.54, 1.807) is 6.92 Å². The minimum atomic E-state index is -3.16. The molecule has 1 heterocycles. The van der Waals surface area contributed by atoms with Crippen LogP contribution >= 0.6 is 7.60 Å². The Kier molecular flexibility index (Phi) is 3.88. The van der Waals surface area contributed by atoms with Gasteiger partial charge in [-0.15, -0.1) is 0 Å². The molecule has 0 aliphatic carbocycles. The van der Waals surface area contributed by atoms with E-state index >= 15 is 0 Å². The van der Waals surface area contributed by atoms with Gasteiger partial charge in [-0.25, -0.2) is 0 Å². The van der Waals surface area contributed by atoms with Crippen molar-refractivity contribution in [3.8, 4) is 0 Å². The van der Waals surface area contributed by atoms with Gasteiger partial charge in [0, 0.05) is 14.2 Å². The van der Waals surface area contributed by atoms with Crippen LogP contribution in [0.1, 0.15) is 6.92 Å². The molecule has 0 saturated carbocycles. The van der Waals surface area contributed by atoms with E-state index in [0.717, 1.165) is 0 Å². The lowest BCUT2D eigenvalue weighted by Gasteiger charge is -2.32. The monoisotopic (exact) mass is 210 g/mol. The van der Waals surface area contributed by atoms with Crippen LogP contribution in [0.2, 0.25) is 0 Å². The average Bonchev–Trinajstić information content (AvgIpc) is 2.17. The first-order valence-corrected chi connectivity index (χ1v) is 5.69. The van der Waals surface area contributed by atoms with Crippen molar-refractivity contribution in [2.45, 2.75) is 18.9 Å². The van der Waals surface area contributed by atoms with E-state index in [9.17, 15) is 4.57 Å². The summed E-state index contributed by atoms with van der Waals surface area (Å²) in [4.78, 5) is 0. The normalized spacial score (nSPS) is 30.4. The van der Waals surface area contributed by atoms with Crippen molar-refractivity contribution < 1.29 is 23.1 Å². The fraction of sp³-hybridized carbons (Fsp3) is 1.00. The van der Waals surface area contributed by atoms with E-state index in [1.807, 2.05) is 0 Å². The summed E-state index contributed by atoms with van der Waals surface area (Å²) in [5.41, 5.74) is 0. The maximum absolute atomic E-state index is 11.9. The molecule has 2 atom stereocenters. The van der Waals surface area contributed by atoms with Crippen molar-refractivity contribution in [2.24, 2.45) is 0 Å². The lowest BCUT2D eigenvalue weighted by molar-refractivity contribution is -0.108. The Morgan fingerprint density at radius 1 is 1.23 bits per heavy atom. The molecular weight excluding hydrogens is 195 g/mol. The summed E-state index contributed by atoms with van der Waals surface area (Å²) in [5.74, 6) is -0.615. The lowest BCUT2D eigenvalue weighted by Crippen LogP contribution is -2.36. The van der Waals surface area contributed by atoms with Gasteiger partial charge < -0.3 is 18.5 Å². The van der Waals surface area contributed by atoms with Gasteiger partial charge in [0.05, 0.1) is 19.3 Å². The third-order valence-electron chi connectivity index (χ3n) is 1.97. The molecule has 1 fully saturated rings. The van der Waals surface area contributed by atoms with Crippen LogP contribution in [0.3, 0.4) is 0 Å². The van der Waals surface area contributed by atoms with E-state index in [4.69, 9.17) is 18.5 Å². The van der Waals surface area contributed by atoms with Crippen LogP contribution in [0.4, 0.5) is 0 Å². The van der Waals surface area contributed by atoms with E-state index in [-0.39, 0.29) is 6.10 Å². The van der Waals surface area contributed by atoms with Crippen LogP contribution in [0.15, 0.2) is 0 Å². The molecule has 0 aromatic heterocycles. The molecule has 2 unspecified atom stereocenters. The molecule has 1 aliphatic rings. The van der Waals surface area contributed by atoms with E-state index < -0.39 is 13.4 Å². The van der Waals surface area contributed by atoms with Gasteiger partial charge in [0.1, 0.15) is 0 Å². The molecule has 0 N–H and O–H groups in total. The first-order valence-electron chi connectivity index (χ1n) is 4.08. The maximum Gasteiger partial charge on any atom is 0.361 e. The third kappa shape index (κ3) is 2.30. The molecule has 1 aliphatic heterocycles. The minimum Gasteiger partial charge on any atom is -0.373 e. The molecule has 0 spiro atoms. The van der Waals surface area contributed by atoms with Crippen LogP contribution in [0.25, 0.3) is 0 Å². The van der Waals surface area contributed by atoms with Gasteiger partial charge in [-0.1, -0.05) is 0 Å². The Labute approximate surface area is 77.8 Å². The SMILES string of the molecule is COP(=O)(OC)C1OCCOC1C. The predicted octanol–water partition coefficient (Wildman–Crippen LogP) is 1.23. The highest BCUT2D eigenvalue weighted by Crippen LogP contribution is 2.54. The van der Waals surface area contributed by atoms with Crippen LogP contribution in [-0.2, 0) is 23.1 Å². The number of ether oxygens (including phenoxy) is 2. The highest BCUT2D eigenvalue weighted by atomic mass is 31.2.